The summed E-state index contributed by atoms with van der Waals surface area (Å²) >= 11 is 0. The van der Waals surface area contributed by atoms with Crippen molar-refractivity contribution in [1.29, 1.82) is 0 Å². The maximum absolute atomic E-state index is 12.8. The standard InChI is InChI=1S/C21H21N5O3/c1-25(14-18-23-24-20(29-18)16-5-3-2-4-6-16)21(28)17-11-19(27)26(13-17)12-15-7-9-22-10-8-15/h2-10,17H,11-14H2,1H3. The normalized spacial score (nSPS) is 16.2. The van der Waals surface area contributed by atoms with Crippen LogP contribution in [0.1, 0.15) is 17.9 Å². The number of aromatic nitrogens is 3. The van der Waals surface area contributed by atoms with Crippen molar-refractivity contribution >= 4 is 11.8 Å². The fourth-order valence-corrected chi connectivity index (χ4v) is 3.41. The van der Waals surface area contributed by atoms with Gasteiger partial charge in [-0.05, 0) is 29.8 Å². The monoisotopic (exact) mass is 391 g/mol. The number of hydrogen-bond donors (Lipinski definition) is 0. The molecule has 4 rings (SSSR count). The average molecular weight is 391 g/mol. The minimum Gasteiger partial charge on any atom is -0.419 e. The lowest BCUT2D eigenvalue weighted by molar-refractivity contribution is -0.135. The molecule has 0 saturated carbocycles. The van der Waals surface area contributed by atoms with Crippen molar-refractivity contribution in [3.8, 4) is 11.5 Å². The summed E-state index contributed by atoms with van der Waals surface area (Å²) in [7, 11) is 1.69. The first-order chi connectivity index (χ1) is 14.1. The van der Waals surface area contributed by atoms with Gasteiger partial charge in [0.1, 0.15) is 0 Å². The molecule has 0 aliphatic carbocycles. The molecule has 1 aliphatic heterocycles. The van der Waals surface area contributed by atoms with Gasteiger partial charge in [0.2, 0.25) is 23.6 Å². The first kappa shape index (κ1) is 18.8. The molecule has 8 nitrogen and oxygen atoms in total. The Hall–Kier alpha value is -3.55. The second-order valence-corrected chi connectivity index (χ2v) is 7.09. The quantitative estimate of drug-likeness (QED) is 0.639. The zero-order valence-electron chi connectivity index (χ0n) is 16.1. The van der Waals surface area contributed by atoms with Gasteiger partial charge in [-0.1, -0.05) is 18.2 Å². The Bertz CT molecular complexity index is 990. The molecule has 1 aromatic carbocycles. The van der Waals surface area contributed by atoms with Crippen molar-refractivity contribution in [2.45, 2.75) is 19.5 Å². The van der Waals surface area contributed by atoms with Gasteiger partial charge in [-0.3, -0.25) is 14.6 Å². The molecule has 2 aromatic heterocycles. The minimum atomic E-state index is -0.370. The van der Waals surface area contributed by atoms with Crippen LogP contribution in [0.3, 0.4) is 0 Å². The van der Waals surface area contributed by atoms with Gasteiger partial charge in [0, 0.05) is 44.5 Å². The van der Waals surface area contributed by atoms with Crippen LogP contribution >= 0.6 is 0 Å². The molecule has 0 N–H and O–H groups in total. The molecule has 148 valence electrons. The summed E-state index contributed by atoms with van der Waals surface area (Å²) in [6, 6.07) is 13.2. The third-order valence-electron chi connectivity index (χ3n) is 4.92. The van der Waals surface area contributed by atoms with E-state index in [1.807, 2.05) is 42.5 Å². The number of rotatable bonds is 6. The van der Waals surface area contributed by atoms with Crippen molar-refractivity contribution in [1.82, 2.24) is 25.0 Å². The molecule has 0 spiro atoms. The van der Waals surface area contributed by atoms with E-state index < -0.39 is 0 Å². The summed E-state index contributed by atoms with van der Waals surface area (Å²) in [5, 5.41) is 8.08. The van der Waals surface area contributed by atoms with Gasteiger partial charge in [0.25, 0.3) is 0 Å². The van der Waals surface area contributed by atoms with Crippen LogP contribution in [0.5, 0.6) is 0 Å². The molecule has 1 aliphatic rings. The molecule has 1 atom stereocenters. The Morgan fingerprint density at radius 3 is 2.69 bits per heavy atom. The Balaban J connectivity index is 1.36. The van der Waals surface area contributed by atoms with Crippen molar-refractivity contribution < 1.29 is 14.0 Å². The molecule has 1 saturated heterocycles. The minimum absolute atomic E-state index is 0.0160. The number of benzene rings is 1. The fraction of sp³-hybridized carbons (Fsp3) is 0.286. The van der Waals surface area contributed by atoms with Gasteiger partial charge in [-0.25, -0.2) is 0 Å². The molecule has 1 unspecified atom stereocenters. The van der Waals surface area contributed by atoms with Crippen LogP contribution in [0.2, 0.25) is 0 Å². The van der Waals surface area contributed by atoms with E-state index in [4.69, 9.17) is 4.42 Å². The predicted molar refractivity (Wildman–Crippen MR) is 104 cm³/mol. The highest BCUT2D eigenvalue weighted by Crippen LogP contribution is 2.23. The summed E-state index contributed by atoms with van der Waals surface area (Å²) < 4.78 is 5.68. The lowest BCUT2D eigenvalue weighted by atomic mass is 10.1. The van der Waals surface area contributed by atoms with Crippen LogP contribution in [-0.4, -0.2) is 50.4 Å². The molecule has 2 amide bonds. The summed E-state index contributed by atoms with van der Waals surface area (Å²) in [6.45, 7) is 1.09. The first-order valence-corrected chi connectivity index (χ1v) is 9.39. The first-order valence-electron chi connectivity index (χ1n) is 9.39. The van der Waals surface area contributed by atoms with Gasteiger partial charge in [-0.15, -0.1) is 10.2 Å². The van der Waals surface area contributed by atoms with Gasteiger partial charge in [0.15, 0.2) is 0 Å². The third kappa shape index (κ3) is 4.31. The molecule has 29 heavy (non-hydrogen) atoms. The Morgan fingerprint density at radius 2 is 1.93 bits per heavy atom. The Morgan fingerprint density at radius 1 is 1.17 bits per heavy atom. The van der Waals surface area contributed by atoms with E-state index in [0.717, 1.165) is 11.1 Å². The van der Waals surface area contributed by atoms with E-state index in [-0.39, 0.29) is 30.7 Å². The van der Waals surface area contributed by atoms with Crippen molar-refractivity contribution in [2.24, 2.45) is 5.92 Å². The van der Waals surface area contributed by atoms with Crippen LogP contribution in [0.15, 0.2) is 59.3 Å². The number of nitrogens with zero attached hydrogens (tertiary/aromatic N) is 5. The Labute approximate surface area is 168 Å². The van der Waals surface area contributed by atoms with Crippen LogP contribution in [0, 0.1) is 5.92 Å². The summed E-state index contributed by atoms with van der Waals surface area (Å²) in [5.41, 5.74) is 1.82. The molecule has 3 heterocycles. The van der Waals surface area contributed by atoms with Gasteiger partial charge < -0.3 is 14.2 Å². The molecule has 0 bridgehead atoms. The summed E-state index contributed by atoms with van der Waals surface area (Å²) in [5.74, 6) is 0.289. The molecule has 3 aromatic rings. The van der Waals surface area contributed by atoms with Crippen LogP contribution in [-0.2, 0) is 22.7 Å². The van der Waals surface area contributed by atoms with E-state index in [1.54, 1.807) is 24.3 Å². The van der Waals surface area contributed by atoms with Gasteiger partial charge in [-0.2, -0.15) is 0 Å². The molecular weight excluding hydrogens is 370 g/mol. The number of amides is 2. The van der Waals surface area contributed by atoms with E-state index in [9.17, 15) is 9.59 Å². The number of pyridine rings is 1. The van der Waals surface area contributed by atoms with E-state index in [2.05, 4.69) is 15.2 Å². The summed E-state index contributed by atoms with van der Waals surface area (Å²) in [6.07, 6.45) is 3.61. The zero-order chi connectivity index (χ0) is 20.2. The second-order valence-electron chi connectivity index (χ2n) is 7.09. The fourth-order valence-electron chi connectivity index (χ4n) is 3.41. The molecule has 0 radical (unpaired) electrons. The largest absolute Gasteiger partial charge is 0.419 e. The van der Waals surface area contributed by atoms with Crippen molar-refractivity contribution in [3.63, 3.8) is 0 Å². The zero-order valence-corrected chi connectivity index (χ0v) is 16.1. The van der Waals surface area contributed by atoms with E-state index >= 15 is 0 Å². The third-order valence-corrected chi connectivity index (χ3v) is 4.92. The average Bonchev–Trinajstić information content (AvgIpc) is 3.36. The highest BCUT2D eigenvalue weighted by atomic mass is 16.4. The maximum atomic E-state index is 12.8. The van der Waals surface area contributed by atoms with E-state index in [0.29, 0.717) is 24.9 Å². The maximum Gasteiger partial charge on any atom is 0.247 e. The predicted octanol–water partition coefficient (Wildman–Crippen LogP) is 2.14. The van der Waals surface area contributed by atoms with Crippen LogP contribution in [0.25, 0.3) is 11.5 Å². The molecule has 1 fully saturated rings. The lowest BCUT2D eigenvalue weighted by Crippen LogP contribution is -2.34. The SMILES string of the molecule is CN(Cc1nnc(-c2ccccc2)o1)C(=O)C1CC(=O)N(Cc2ccncc2)C1. The molecule has 8 heteroatoms. The number of likely N-dealkylation sites (tertiary alicyclic amines) is 1. The van der Waals surface area contributed by atoms with Gasteiger partial charge in [0.05, 0.1) is 12.5 Å². The second kappa shape index (κ2) is 8.22. The van der Waals surface area contributed by atoms with Crippen LogP contribution in [0.4, 0.5) is 0 Å². The topological polar surface area (TPSA) is 92.4 Å². The highest BCUT2D eigenvalue weighted by molar-refractivity contribution is 5.89. The Kier molecular flexibility index (Phi) is 5.33. The van der Waals surface area contributed by atoms with E-state index in [1.165, 1.54) is 4.90 Å². The van der Waals surface area contributed by atoms with Gasteiger partial charge >= 0.3 is 0 Å². The molecular formula is C21H21N5O3. The van der Waals surface area contributed by atoms with Crippen molar-refractivity contribution in [2.75, 3.05) is 13.6 Å². The van der Waals surface area contributed by atoms with Crippen LogP contribution < -0.4 is 0 Å². The lowest BCUT2D eigenvalue weighted by Gasteiger charge is -2.20. The number of carbonyl (C=O) groups excluding carboxylic acids is 2. The number of hydrogen-bond acceptors (Lipinski definition) is 6. The highest BCUT2D eigenvalue weighted by Gasteiger charge is 2.36. The number of carbonyl (C=O) groups is 2. The van der Waals surface area contributed by atoms with Crippen molar-refractivity contribution in [3.05, 3.63) is 66.3 Å². The smallest absolute Gasteiger partial charge is 0.247 e. The summed E-state index contributed by atoms with van der Waals surface area (Å²) in [4.78, 5) is 32.4.